The zero-order chi connectivity index (χ0) is 14.4. The van der Waals surface area contributed by atoms with Gasteiger partial charge in [0.15, 0.2) is 0 Å². The molecule has 0 spiro atoms. The minimum atomic E-state index is -0.870. The van der Waals surface area contributed by atoms with Gasteiger partial charge in [-0.25, -0.2) is 9.59 Å². The molecule has 3 rings (SSSR count). The van der Waals surface area contributed by atoms with Crippen molar-refractivity contribution in [1.29, 1.82) is 0 Å². The second-order valence-electron chi connectivity index (χ2n) is 5.49. The molecule has 0 aromatic heterocycles. The molecule has 1 fully saturated rings. The van der Waals surface area contributed by atoms with E-state index in [1.807, 2.05) is 13.0 Å². The van der Waals surface area contributed by atoms with Crippen molar-refractivity contribution in [3.8, 4) is 0 Å². The second kappa shape index (κ2) is 4.59. The van der Waals surface area contributed by atoms with Gasteiger partial charge in [-0.15, -0.1) is 0 Å². The predicted octanol–water partition coefficient (Wildman–Crippen LogP) is 1.04. The average molecular weight is 276 g/mol. The highest BCUT2D eigenvalue weighted by molar-refractivity contribution is 5.94. The SMILES string of the molecule is C=C1C(=O)O[C@H]2C/C(C)=C/C[C@H](O)C3=C[C@@H](OC3=O)[C@@H]12. The van der Waals surface area contributed by atoms with E-state index in [-0.39, 0.29) is 17.6 Å². The van der Waals surface area contributed by atoms with Crippen LogP contribution in [0.4, 0.5) is 0 Å². The first kappa shape index (κ1) is 13.1. The molecule has 0 radical (unpaired) electrons. The van der Waals surface area contributed by atoms with Gasteiger partial charge < -0.3 is 14.6 Å². The van der Waals surface area contributed by atoms with Crippen LogP contribution < -0.4 is 0 Å². The maximum Gasteiger partial charge on any atom is 0.337 e. The quantitative estimate of drug-likeness (QED) is 0.406. The van der Waals surface area contributed by atoms with Gasteiger partial charge in [0.25, 0.3) is 0 Å². The molecular formula is C15H16O5. The topological polar surface area (TPSA) is 72.8 Å². The van der Waals surface area contributed by atoms with Gasteiger partial charge in [0, 0.05) is 12.0 Å². The first-order chi connectivity index (χ1) is 9.47. The highest BCUT2D eigenvalue weighted by atomic mass is 16.6. The van der Waals surface area contributed by atoms with Gasteiger partial charge in [-0.1, -0.05) is 18.2 Å². The highest BCUT2D eigenvalue weighted by Crippen LogP contribution is 2.38. The summed E-state index contributed by atoms with van der Waals surface area (Å²) in [6, 6.07) is 0. The summed E-state index contributed by atoms with van der Waals surface area (Å²) in [5, 5.41) is 10.0. The number of aliphatic hydroxyl groups is 1. The van der Waals surface area contributed by atoms with Crippen LogP contribution in [0.3, 0.4) is 0 Å². The van der Waals surface area contributed by atoms with Crippen LogP contribution in [0.1, 0.15) is 19.8 Å². The van der Waals surface area contributed by atoms with Crippen molar-refractivity contribution in [2.75, 3.05) is 0 Å². The summed E-state index contributed by atoms with van der Waals surface area (Å²) in [7, 11) is 0. The monoisotopic (exact) mass is 276 g/mol. The van der Waals surface area contributed by atoms with Crippen molar-refractivity contribution in [2.45, 2.75) is 38.1 Å². The molecule has 106 valence electrons. The molecule has 20 heavy (non-hydrogen) atoms. The normalized spacial score (nSPS) is 39.4. The van der Waals surface area contributed by atoms with Crippen molar-refractivity contribution in [3.63, 3.8) is 0 Å². The van der Waals surface area contributed by atoms with Crippen LogP contribution in [0.5, 0.6) is 0 Å². The van der Waals surface area contributed by atoms with Gasteiger partial charge in [0.1, 0.15) is 12.2 Å². The molecule has 1 N–H and O–H groups in total. The lowest BCUT2D eigenvalue weighted by Crippen LogP contribution is -2.29. The van der Waals surface area contributed by atoms with Crippen molar-refractivity contribution >= 4 is 11.9 Å². The molecule has 4 atom stereocenters. The average Bonchev–Trinajstić information content (AvgIpc) is 2.88. The predicted molar refractivity (Wildman–Crippen MR) is 69.5 cm³/mol. The Morgan fingerprint density at radius 3 is 2.80 bits per heavy atom. The smallest absolute Gasteiger partial charge is 0.337 e. The molecule has 1 aliphatic carbocycles. The number of esters is 2. The van der Waals surface area contributed by atoms with Crippen LogP contribution >= 0.6 is 0 Å². The third kappa shape index (κ3) is 1.98. The molecule has 0 unspecified atom stereocenters. The van der Waals surface area contributed by atoms with E-state index in [0.717, 1.165) is 5.57 Å². The van der Waals surface area contributed by atoms with Crippen molar-refractivity contribution in [1.82, 2.24) is 0 Å². The third-order valence-electron chi connectivity index (χ3n) is 4.07. The summed E-state index contributed by atoms with van der Waals surface area (Å²) in [5.74, 6) is -1.34. The fourth-order valence-electron chi connectivity index (χ4n) is 2.96. The number of carbonyl (C=O) groups excluding carboxylic acids is 2. The minimum absolute atomic E-state index is 0.256. The Bertz CT molecular complexity index is 557. The first-order valence-electron chi connectivity index (χ1n) is 6.63. The van der Waals surface area contributed by atoms with E-state index in [1.165, 1.54) is 0 Å². The molecule has 5 nitrogen and oxygen atoms in total. The molecule has 3 aliphatic rings. The van der Waals surface area contributed by atoms with E-state index in [1.54, 1.807) is 6.08 Å². The summed E-state index contributed by atoms with van der Waals surface area (Å²) in [4.78, 5) is 23.5. The van der Waals surface area contributed by atoms with E-state index in [0.29, 0.717) is 18.4 Å². The Morgan fingerprint density at radius 1 is 1.30 bits per heavy atom. The minimum Gasteiger partial charge on any atom is -0.458 e. The second-order valence-corrected chi connectivity index (χ2v) is 5.49. The van der Waals surface area contributed by atoms with Crippen LogP contribution in [0.2, 0.25) is 0 Å². The van der Waals surface area contributed by atoms with E-state index >= 15 is 0 Å². The number of rotatable bonds is 0. The van der Waals surface area contributed by atoms with Gasteiger partial charge in [0.2, 0.25) is 0 Å². The standard InChI is InChI=1S/C15H16O5/c1-7-3-4-10(16)9-6-12(20-15(9)18)13-8(2)14(17)19-11(13)5-7/h3,6,10-13,16H,2,4-5H2,1H3/b7-3+/t10-,11-,12+,13-/m0/s1. The Morgan fingerprint density at radius 2 is 2.05 bits per heavy atom. The zero-order valence-electron chi connectivity index (χ0n) is 11.2. The van der Waals surface area contributed by atoms with Crippen LogP contribution in [-0.2, 0) is 19.1 Å². The van der Waals surface area contributed by atoms with Gasteiger partial charge in [-0.3, -0.25) is 0 Å². The zero-order valence-corrected chi connectivity index (χ0v) is 11.2. The number of hydrogen-bond donors (Lipinski definition) is 1. The molecule has 2 bridgehead atoms. The number of fused-ring (bicyclic) bond motifs is 3. The largest absolute Gasteiger partial charge is 0.458 e. The maximum atomic E-state index is 11.8. The van der Waals surface area contributed by atoms with Gasteiger partial charge >= 0.3 is 11.9 Å². The van der Waals surface area contributed by atoms with Crippen molar-refractivity contribution in [3.05, 3.63) is 35.5 Å². The maximum absolute atomic E-state index is 11.8. The van der Waals surface area contributed by atoms with Gasteiger partial charge in [-0.2, -0.15) is 0 Å². The lowest BCUT2D eigenvalue weighted by atomic mass is 9.86. The van der Waals surface area contributed by atoms with Gasteiger partial charge in [0.05, 0.1) is 17.6 Å². The molecule has 0 aromatic rings. The Hall–Kier alpha value is -1.88. The lowest BCUT2D eigenvalue weighted by Gasteiger charge is -2.22. The summed E-state index contributed by atoms with van der Waals surface area (Å²) in [6.45, 7) is 5.67. The summed E-state index contributed by atoms with van der Waals surface area (Å²) in [5.41, 5.74) is 1.59. The van der Waals surface area contributed by atoms with Crippen LogP contribution in [0, 0.1) is 5.92 Å². The van der Waals surface area contributed by atoms with Crippen LogP contribution in [0.15, 0.2) is 35.5 Å². The van der Waals surface area contributed by atoms with Crippen LogP contribution in [0.25, 0.3) is 0 Å². The number of aliphatic hydroxyl groups excluding tert-OH is 1. The number of ether oxygens (including phenoxy) is 2. The Balaban J connectivity index is 2.02. The summed E-state index contributed by atoms with van der Waals surface area (Å²) >= 11 is 0. The first-order valence-corrected chi connectivity index (χ1v) is 6.63. The van der Waals surface area contributed by atoms with Crippen molar-refractivity contribution < 1.29 is 24.2 Å². The molecule has 0 saturated carbocycles. The van der Waals surface area contributed by atoms with E-state index < -0.39 is 24.1 Å². The fraction of sp³-hybridized carbons (Fsp3) is 0.467. The molecule has 5 heteroatoms. The summed E-state index contributed by atoms with van der Waals surface area (Å²) in [6.07, 6.45) is 2.56. The highest BCUT2D eigenvalue weighted by Gasteiger charge is 2.47. The number of hydrogen-bond acceptors (Lipinski definition) is 5. The fourth-order valence-corrected chi connectivity index (χ4v) is 2.96. The molecule has 0 aromatic carbocycles. The van der Waals surface area contributed by atoms with Gasteiger partial charge in [-0.05, 0) is 19.4 Å². The molecule has 2 heterocycles. The third-order valence-corrected chi connectivity index (χ3v) is 4.07. The van der Waals surface area contributed by atoms with Crippen LogP contribution in [-0.4, -0.2) is 35.4 Å². The van der Waals surface area contributed by atoms with E-state index in [2.05, 4.69) is 6.58 Å². The Labute approximate surface area is 116 Å². The lowest BCUT2D eigenvalue weighted by molar-refractivity contribution is -0.143. The number of carbonyl (C=O) groups is 2. The Kier molecular flexibility index (Phi) is 3.01. The molecular weight excluding hydrogens is 260 g/mol. The van der Waals surface area contributed by atoms with E-state index in [4.69, 9.17) is 9.47 Å². The molecule has 0 amide bonds. The van der Waals surface area contributed by atoms with Crippen molar-refractivity contribution in [2.24, 2.45) is 5.92 Å². The van der Waals surface area contributed by atoms with E-state index in [9.17, 15) is 14.7 Å². The molecule has 1 saturated heterocycles. The molecule has 2 aliphatic heterocycles. The summed E-state index contributed by atoms with van der Waals surface area (Å²) < 4.78 is 10.6.